The summed E-state index contributed by atoms with van der Waals surface area (Å²) in [4.78, 5) is 12.5. The van der Waals surface area contributed by atoms with Crippen LogP contribution in [0.5, 0.6) is 5.75 Å². The van der Waals surface area contributed by atoms with E-state index in [4.69, 9.17) is 18.6 Å². The van der Waals surface area contributed by atoms with Crippen LogP contribution in [-0.4, -0.2) is 24.3 Å². The van der Waals surface area contributed by atoms with Crippen LogP contribution in [0.25, 0.3) is 0 Å². The summed E-state index contributed by atoms with van der Waals surface area (Å²) in [5.74, 6) is 0.749. The summed E-state index contributed by atoms with van der Waals surface area (Å²) >= 11 is 3.51. The third-order valence-corrected chi connectivity index (χ3v) is 4.11. The molecule has 130 valence electrons. The van der Waals surface area contributed by atoms with Crippen molar-refractivity contribution in [3.63, 3.8) is 0 Å². The van der Waals surface area contributed by atoms with Crippen molar-refractivity contribution in [3.8, 4) is 5.75 Å². The van der Waals surface area contributed by atoms with Crippen LogP contribution in [0.2, 0.25) is 0 Å². The molecule has 2 atom stereocenters. The van der Waals surface area contributed by atoms with Gasteiger partial charge in [0.25, 0.3) is 0 Å². The number of hydrogen-bond donors (Lipinski definition) is 0. The number of rotatable bonds is 9. The van der Waals surface area contributed by atoms with Gasteiger partial charge in [0.15, 0.2) is 6.29 Å². The van der Waals surface area contributed by atoms with Crippen LogP contribution >= 0.6 is 15.9 Å². The summed E-state index contributed by atoms with van der Waals surface area (Å²) in [6, 6.07) is 1.43. The van der Waals surface area contributed by atoms with Gasteiger partial charge in [-0.2, -0.15) is 0 Å². The van der Waals surface area contributed by atoms with E-state index in [9.17, 15) is 4.79 Å². The normalized spacial score (nSPS) is 19.5. The van der Waals surface area contributed by atoms with E-state index in [1.54, 1.807) is 0 Å². The number of halogens is 1. The van der Waals surface area contributed by atoms with Gasteiger partial charge in [-0.25, -0.2) is 0 Å². The van der Waals surface area contributed by atoms with Crippen molar-refractivity contribution in [3.05, 3.63) is 28.3 Å². The molecule has 1 aliphatic heterocycles. The monoisotopic (exact) mass is 388 g/mol. The zero-order chi connectivity index (χ0) is 16.5. The highest BCUT2D eigenvalue weighted by atomic mass is 79.9. The van der Waals surface area contributed by atoms with Gasteiger partial charge in [0.2, 0.25) is 11.2 Å². The Morgan fingerprint density at radius 3 is 2.96 bits per heavy atom. The summed E-state index contributed by atoms with van der Waals surface area (Å²) in [7, 11) is 0. The largest absolute Gasteiger partial charge is 0.487 e. The van der Waals surface area contributed by atoms with Crippen LogP contribution < -0.4 is 10.2 Å². The first kappa shape index (κ1) is 18.5. The Hall–Kier alpha value is -0.850. The van der Waals surface area contributed by atoms with Crippen molar-refractivity contribution in [2.45, 2.75) is 63.2 Å². The summed E-state index contributed by atoms with van der Waals surface area (Å²) in [6.07, 6.45) is 7.32. The Balaban J connectivity index is 1.72. The predicted molar refractivity (Wildman–Crippen MR) is 91.1 cm³/mol. The molecule has 0 spiro atoms. The first-order valence-corrected chi connectivity index (χ1v) is 9.18. The lowest BCUT2D eigenvalue weighted by atomic mass is 10.2. The van der Waals surface area contributed by atoms with E-state index >= 15 is 0 Å². The molecule has 1 aromatic heterocycles. The van der Waals surface area contributed by atoms with E-state index in [0.717, 1.165) is 45.1 Å². The predicted octanol–water partition coefficient (Wildman–Crippen LogP) is 4.02. The molecule has 1 saturated heterocycles. The van der Waals surface area contributed by atoms with E-state index in [1.807, 2.05) is 0 Å². The second kappa shape index (κ2) is 10.1. The molecule has 0 radical (unpaired) electrons. The Morgan fingerprint density at radius 2 is 2.26 bits per heavy atom. The standard InChI is InChI=1S/C17H25BrO5/c1-13(18)6-2-4-8-20-16-12-22-14(10-15(16)19)11-23-17-7-3-5-9-21-17/h10,12-13,17H,2-9,11H2,1H3. The molecule has 6 heteroatoms. The second-order valence-corrected chi connectivity index (χ2v) is 7.37. The first-order chi connectivity index (χ1) is 11.1. The molecule has 0 amide bonds. The maximum Gasteiger partial charge on any atom is 0.227 e. The van der Waals surface area contributed by atoms with Gasteiger partial charge in [0.1, 0.15) is 18.6 Å². The average Bonchev–Trinajstić information content (AvgIpc) is 2.55. The topological polar surface area (TPSA) is 57.9 Å². The summed E-state index contributed by atoms with van der Waals surface area (Å²) in [6.45, 7) is 3.61. The zero-order valence-electron chi connectivity index (χ0n) is 13.6. The summed E-state index contributed by atoms with van der Waals surface area (Å²) in [5, 5.41) is 0. The van der Waals surface area contributed by atoms with E-state index < -0.39 is 0 Å². The maximum atomic E-state index is 12.0. The molecule has 2 heterocycles. The molecule has 2 unspecified atom stereocenters. The third-order valence-electron chi connectivity index (χ3n) is 3.66. The molecule has 1 fully saturated rings. The van der Waals surface area contributed by atoms with Crippen molar-refractivity contribution >= 4 is 15.9 Å². The molecule has 1 aromatic rings. The van der Waals surface area contributed by atoms with Gasteiger partial charge in [0.05, 0.1) is 6.61 Å². The fourth-order valence-electron chi connectivity index (χ4n) is 2.35. The molecular weight excluding hydrogens is 364 g/mol. The molecule has 0 aromatic carbocycles. The Labute approximate surface area is 145 Å². The minimum absolute atomic E-state index is 0.173. The van der Waals surface area contributed by atoms with Crippen molar-refractivity contribution < 1.29 is 18.6 Å². The van der Waals surface area contributed by atoms with Gasteiger partial charge in [-0.3, -0.25) is 4.79 Å². The molecule has 23 heavy (non-hydrogen) atoms. The number of ether oxygens (including phenoxy) is 3. The SMILES string of the molecule is CC(Br)CCCCOc1coc(COC2CCCCO2)cc1=O. The van der Waals surface area contributed by atoms with Crippen molar-refractivity contribution in [1.29, 1.82) is 0 Å². The van der Waals surface area contributed by atoms with Crippen LogP contribution in [0.4, 0.5) is 0 Å². The summed E-state index contributed by atoms with van der Waals surface area (Å²) < 4.78 is 22.0. The minimum atomic E-state index is -0.193. The van der Waals surface area contributed by atoms with E-state index in [0.29, 0.717) is 17.2 Å². The smallest absolute Gasteiger partial charge is 0.227 e. The highest BCUT2D eigenvalue weighted by Gasteiger charge is 2.15. The molecule has 2 rings (SSSR count). The summed E-state index contributed by atoms with van der Waals surface area (Å²) in [5.41, 5.74) is -0.173. The Kier molecular flexibility index (Phi) is 8.12. The fraction of sp³-hybridized carbons (Fsp3) is 0.706. The molecular formula is C17H25BrO5. The highest BCUT2D eigenvalue weighted by molar-refractivity contribution is 9.09. The number of alkyl halides is 1. The molecule has 0 aliphatic carbocycles. The minimum Gasteiger partial charge on any atom is -0.487 e. The van der Waals surface area contributed by atoms with Gasteiger partial charge in [-0.1, -0.05) is 22.9 Å². The van der Waals surface area contributed by atoms with Gasteiger partial charge in [0, 0.05) is 17.5 Å². The van der Waals surface area contributed by atoms with Crippen LogP contribution in [0, 0.1) is 0 Å². The fourth-order valence-corrected chi connectivity index (χ4v) is 2.67. The van der Waals surface area contributed by atoms with Crippen LogP contribution in [0.3, 0.4) is 0 Å². The van der Waals surface area contributed by atoms with Crippen LogP contribution in [-0.2, 0) is 16.1 Å². The molecule has 0 bridgehead atoms. The Bertz CT molecular complexity index is 508. The van der Waals surface area contributed by atoms with E-state index in [1.165, 1.54) is 12.3 Å². The van der Waals surface area contributed by atoms with Crippen LogP contribution in [0.15, 0.2) is 21.5 Å². The maximum absolute atomic E-state index is 12.0. The lowest BCUT2D eigenvalue weighted by Gasteiger charge is -2.22. The van der Waals surface area contributed by atoms with Gasteiger partial charge in [-0.15, -0.1) is 0 Å². The molecule has 1 aliphatic rings. The van der Waals surface area contributed by atoms with E-state index in [-0.39, 0.29) is 24.1 Å². The second-order valence-electron chi connectivity index (χ2n) is 5.81. The zero-order valence-corrected chi connectivity index (χ0v) is 15.2. The van der Waals surface area contributed by atoms with Gasteiger partial charge >= 0.3 is 0 Å². The lowest BCUT2D eigenvalue weighted by Crippen LogP contribution is -2.22. The lowest BCUT2D eigenvalue weighted by molar-refractivity contribution is -0.171. The van der Waals surface area contributed by atoms with Crippen molar-refractivity contribution in [2.24, 2.45) is 0 Å². The highest BCUT2D eigenvalue weighted by Crippen LogP contribution is 2.16. The van der Waals surface area contributed by atoms with Gasteiger partial charge < -0.3 is 18.6 Å². The molecule has 0 N–H and O–H groups in total. The Morgan fingerprint density at radius 1 is 1.39 bits per heavy atom. The quantitative estimate of drug-likeness (QED) is 0.472. The first-order valence-electron chi connectivity index (χ1n) is 8.27. The van der Waals surface area contributed by atoms with Gasteiger partial charge in [-0.05, 0) is 38.5 Å². The average molecular weight is 389 g/mol. The molecule has 5 nitrogen and oxygen atoms in total. The van der Waals surface area contributed by atoms with E-state index in [2.05, 4.69) is 22.9 Å². The number of hydrogen-bond acceptors (Lipinski definition) is 5. The van der Waals surface area contributed by atoms with Crippen molar-refractivity contribution in [1.82, 2.24) is 0 Å². The van der Waals surface area contributed by atoms with Crippen molar-refractivity contribution in [2.75, 3.05) is 13.2 Å². The number of unbranched alkanes of at least 4 members (excludes halogenated alkanes) is 1. The molecule has 0 saturated carbocycles. The third kappa shape index (κ3) is 7.06. The van der Waals surface area contributed by atoms with Crippen LogP contribution in [0.1, 0.15) is 51.2 Å².